The molecule has 1 saturated carbocycles. The van der Waals surface area contributed by atoms with Crippen LogP contribution in [0.25, 0.3) is 0 Å². The first-order chi connectivity index (χ1) is 11.6. The smallest absolute Gasteiger partial charge is 0.259 e. The lowest BCUT2D eigenvalue weighted by atomic mass is 9.86. The van der Waals surface area contributed by atoms with Crippen LogP contribution in [0.2, 0.25) is 0 Å². The van der Waals surface area contributed by atoms with Crippen molar-refractivity contribution >= 4 is 16.7 Å². The van der Waals surface area contributed by atoms with E-state index in [1.807, 2.05) is 12.2 Å². The van der Waals surface area contributed by atoms with E-state index in [-0.39, 0.29) is 12.5 Å². The monoisotopic (exact) mass is 351 g/mol. The molecule has 2 N–H and O–H groups in total. The number of allylic oxidation sites excluding steroid dienone is 2. The van der Waals surface area contributed by atoms with E-state index in [1.54, 1.807) is 24.6 Å². The van der Waals surface area contributed by atoms with Gasteiger partial charge >= 0.3 is 0 Å². The number of rotatable bonds is 6. The number of nitrogens with one attached hydrogen (secondary N) is 1. The highest BCUT2D eigenvalue weighted by Crippen LogP contribution is 2.36. The van der Waals surface area contributed by atoms with Gasteiger partial charge < -0.3 is 4.74 Å². The maximum absolute atomic E-state index is 13.4. The molecular formula is C18H25NO4S. The number of carbonyl (C=O) groups is 1. The van der Waals surface area contributed by atoms with E-state index in [0.717, 1.165) is 32.1 Å². The van der Waals surface area contributed by atoms with Gasteiger partial charge in [-0.05, 0) is 31.8 Å². The van der Waals surface area contributed by atoms with Gasteiger partial charge in [-0.3, -0.25) is 14.2 Å². The van der Waals surface area contributed by atoms with E-state index < -0.39 is 26.9 Å². The van der Waals surface area contributed by atoms with Gasteiger partial charge in [0.25, 0.3) is 5.91 Å². The molecule has 132 valence electrons. The van der Waals surface area contributed by atoms with Crippen molar-refractivity contribution < 1.29 is 18.9 Å². The summed E-state index contributed by atoms with van der Waals surface area (Å²) >= 11 is 0. The third-order valence-electron chi connectivity index (χ3n) is 4.58. The van der Waals surface area contributed by atoms with Gasteiger partial charge in [0, 0.05) is 6.42 Å². The number of carbonyl (C=O) groups excluding carboxylic acids is 1. The topological polar surface area (TPSA) is 75.6 Å². The lowest BCUT2D eigenvalue weighted by Gasteiger charge is -2.36. The second-order valence-electron chi connectivity index (χ2n) is 6.11. The Balaban J connectivity index is 2.28. The van der Waals surface area contributed by atoms with Crippen LogP contribution in [-0.2, 0) is 20.3 Å². The molecule has 1 fully saturated rings. The third-order valence-corrected chi connectivity index (χ3v) is 6.74. The molecule has 0 aromatic carbocycles. The molecule has 3 atom stereocenters. The Morgan fingerprint density at radius 2 is 2.17 bits per heavy atom. The van der Waals surface area contributed by atoms with E-state index in [1.165, 1.54) is 0 Å². The molecule has 2 aliphatic rings. The van der Waals surface area contributed by atoms with Crippen LogP contribution >= 0.6 is 0 Å². The van der Waals surface area contributed by atoms with Gasteiger partial charge in [0.2, 0.25) is 0 Å². The van der Waals surface area contributed by atoms with Gasteiger partial charge in [0.15, 0.2) is 4.93 Å². The molecule has 0 bridgehead atoms. The summed E-state index contributed by atoms with van der Waals surface area (Å²) in [5, 5.41) is 8.36. The van der Waals surface area contributed by atoms with Gasteiger partial charge in [0.1, 0.15) is 11.9 Å². The van der Waals surface area contributed by atoms with Crippen LogP contribution in [0.15, 0.2) is 24.3 Å². The first-order valence-corrected chi connectivity index (χ1v) is 9.58. The molecule has 0 radical (unpaired) electrons. The maximum Gasteiger partial charge on any atom is 0.259 e. The van der Waals surface area contributed by atoms with Crippen LogP contribution in [-0.4, -0.2) is 32.1 Å². The number of ether oxygens (including phenoxy) is 1. The quantitative estimate of drug-likeness (QED) is 0.438. The third kappa shape index (κ3) is 4.35. The molecule has 24 heavy (non-hydrogen) atoms. The highest BCUT2D eigenvalue weighted by molar-refractivity contribution is 7.87. The van der Waals surface area contributed by atoms with E-state index in [2.05, 4.69) is 11.8 Å². The minimum Gasteiger partial charge on any atom is -0.345 e. The van der Waals surface area contributed by atoms with Crippen molar-refractivity contribution in [2.24, 2.45) is 5.92 Å². The largest absolute Gasteiger partial charge is 0.345 e. The molecule has 0 aromatic rings. The predicted octanol–water partition coefficient (Wildman–Crippen LogP) is 2.44. The standard InChI is InChI=1S/C18H25NO4S/c1-2-3-14-23-18(12-8-5-9-13-18)24(22)16(17(20)19-21)15-10-6-4-7-11-15/h5,8-9,12,15-16,21H,4,6-7,10-11,13-14H2,1H3,(H,19,20). The Kier molecular flexibility index (Phi) is 7.22. The molecule has 1 amide bonds. The van der Waals surface area contributed by atoms with E-state index in [4.69, 9.17) is 9.94 Å². The molecular weight excluding hydrogens is 326 g/mol. The summed E-state index contributed by atoms with van der Waals surface area (Å²) in [6.45, 7) is 1.87. The van der Waals surface area contributed by atoms with Gasteiger partial charge in [-0.15, -0.1) is 5.92 Å². The summed E-state index contributed by atoms with van der Waals surface area (Å²) in [5.74, 6) is 4.98. The number of hydroxylamine groups is 1. The molecule has 0 saturated heterocycles. The molecule has 0 aromatic heterocycles. The Hall–Kier alpha value is -1.42. The molecule has 2 aliphatic carbocycles. The zero-order chi connectivity index (χ0) is 17.4. The van der Waals surface area contributed by atoms with Crippen LogP contribution in [0.5, 0.6) is 0 Å². The lowest BCUT2D eigenvalue weighted by Crippen LogP contribution is -2.50. The number of amides is 1. The van der Waals surface area contributed by atoms with Crippen molar-refractivity contribution in [3.63, 3.8) is 0 Å². The molecule has 5 nitrogen and oxygen atoms in total. The first-order valence-electron chi connectivity index (χ1n) is 8.37. The minimum atomic E-state index is -1.63. The summed E-state index contributed by atoms with van der Waals surface area (Å²) in [5.41, 5.74) is 1.71. The second-order valence-corrected chi connectivity index (χ2v) is 7.90. The van der Waals surface area contributed by atoms with Crippen LogP contribution in [0.4, 0.5) is 0 Å². The predicted molar refractivity (Wildman–Crippen MR) is 93.5 cm³/mol. The van der Waals surface area contributed by atoms with E-state index in [0.29, 0.717) is 6.42 Å². The summed E-state index contributed by atoms with van der Waals surface area (Å²) in [4.78, 5) is 11.2. The van der Waals surface area contributed by atoms with Crippen LogP contribution in [0.3, 0.4) is 0 Å². The van der Waals surface area contributed by atoms with E-state index in [9.17, 15) is 9.00 Å². The Labute approximate surface area is 145 Å². The average molecular weight is 351 g/mol. The highest BCUT2D eigenvalue weighted by atomic mass is 32.2. The molecule has 0 heterocycles. The van der Waals surface area contributed by atoms with Crippen molar-refractivity contribution in [2.75, 3.05) is 6.61 Å². The SMILES string of the molecule is CC#CCOC1(S(=O)C(C(=O)NO)C2CCCCC2)C=CC=CC1. The molecule has 6 heteroatoms. The zero-order valence-electron chi connectivity index (χ0n) is 14.0. The maximum atomic E-state index is 13.4. The summed E-state index contributed by atoms with van der Waals surface area (Å²) in [6, 6.07) is 0. The molecule has 2 rings (SSSR count). The lowest BCUT2D eigenvalue weighted by molar-refractivity contribution is -0.130. The van der Waals surface area contributed by atoms with Crippen molar-refractivity contribution in [1.82, 2.24) is 5.48 Å². The van der Waals surface area contributed by atoms with Crippen LogP contribution in [0, 0.1) is 17.8 Å². The summed E-state index contributed by atoms with van der Waals surface area (Å²) in [7, 11) is -1.63. The van der Waals surface area contributed by atoms with Gasteiger partial charge in [0.05, 0.1) is 10.8 Å². The molecule has 0 aliphatic heterocycles. The van der Waals surface area contributed by atoms with Crippen molar-refractivity contribution in [1.29, 1.82) is 0 Å². The van der Waals surface area contributed by atoms with E-state index >= 15 is 0 Å². The minimum absolute atomic E-state index is 0.0104. The van der Waals surface area contributed by atoms with Crippen molar-refractivity contribution in [3.05, 3.63) is 24.3 Å². The normalized spacial score (nSPS) is 26.2. The van der Waals surface area contributed by atoms with Gasteiger partial charge in [-0.1, -0.05) is 43.4 Å². The van der Waals surface area contributed by atoms with Gasteiger partial charge in [-0.2, -0.15) is 0 Å². The van der Waals surface area contributed by atoms with Crippen LogP contribution < -0.4 is 5.48 Å². The van der Waals surface area contributed by atoms with Crippen molar-refractivity contribution in [3.8, 4) is 11.8 Å². The van der Waals surface area contributed by atoms with Gasteiger partial charge in [-0.25, -0.2) is 5.48 Å². The molecule has 0 spiro atoms. The summed E-state index contributed by atoms with van der Waals surface area (Å²) in [6.07, 6.45) is 12.6. The Morgan fingerprint density at radius 3 is 2.75 bits per heavy atom. The zero-order valence-corrected chi connectivity index (χ0v) is 14.8. The first kappa shape index (κ1) is 18.9. The van der Waals surface area contributed by atoms with Crippen molar-refractivity contribution in [2.45, 2.75) is 55.6 Å². The fourth-order valence-corrected chi connectivity index (χ4v) is 5.27. The second kappa shape index (κ2) is 9.16. The van der Waals surface area contributed by atoms with Crippen LogP contribution in [0.1, 0.15) is 45.4 Å². The average Bonchev–Trinajstić information content (AvgIpc) is 2.63. The summed E-state index contributed by atoms with van der Waals surface area (Å²) < 4.78 is 19.3. The number of hydrogen-bond acceptors (Lipinski definition) is 4. The highest BCUT2D eigenvalue weighted by Gasteiger charge is 2.45. The number of hydrogen-bond donors (Lipinski definition) is 2. The Bertz CT molecular complexity index is 584. The fraction of sp³-hybridized carbons (Fsp3) is 0.611. The molecule has 3 unspecified atom stereocenters. The fourth-order valence-electron chi connectivity index (χ4n) is 3.33. The Morgan fingerprint density at radius 1 is 1.42 bits per heavy atom.